The molecule has 7 heteroatoms. The van der Waals surface area contributed by atoms with Crippen molar-refractivity contribution in [3.8, 4) is 0 Å². The van der Waals surface area contributed by atoms with Gasteiger partial charge >= 0.3 is 0 Å². The molecular formula is C20H15Cl2N3O2. The van der Waals surface area contributed by atoms with Crippen LogP contribution in [-0.4, -0.2) is 16.8 Å². The molecular weight excluding hydrogens is 385 g/mol. The molecule has 2 aromatic carbocycles. The zero-order valence-corrected chi connectivity index (χ0v) is 15.6. The first kappa shape index (κ1) is 18.9. The minimum absolute atomic E-state index is 0.233. The lowest BCUT2D eigenvalue weighted by Crippen LogP contribution is -2.22. The third kappa shape index (κ3) is 5.06. The summed E-state index contributed by atoms with van der Waals surface area (Å²) in [6, 6.07) is 15.3. The minimum atomic E-state index is -0.248. The van der Waals surface area contributed by atoms with Crippen molar-refractivity contribution >= 4 is 40.7 Å². The number of benzene rings is 2. The predicted molar refractivity (Wildman–Crippen MR) is 106 cm³/mol. The normalized spacial score (nSPS) is 10.3. The van der Waals surface area contributed by atoms with Gasteiger partial charge in [0.2, 0.25) is 0 Å². The third-order valence-corrected chi connectivity index (χ3v) is 4.51. The van der Waals surface area contributed by atoms with E-state index in [2.05, 4.69) is 15.6 Å². The zero-order chi connectivity index (χ0) is 19.2. The summed E-state index contributed by atoms with van der Waals surface area (Å²) in [5.74, 6) is -0.480. The van der Waals surface area contributed by atoms with Crippen LogP contribution in [0, 0.1) is 0 Å². The van der Waals surface area contributed by atoms with Crippen LogP contribution in [0.1, 0.15) is 26.3 Å². The number of hydrogen-bond donors (Lipinski definition) is 2. The number of nitrogens with one attached hydrogen (secondary N) is 2. The number of halogens is 2. The van der Waals surface area contributed by atoms with Crippen molar-refractivity contribution in [2.75, 3.05) is 5.32 Å². The second-order valence-corrected chi connectivity index (χ2v) is 6.52. The van der Waals surface area contributed by atoms with Gasteiger partial charge in [0.25, 0.3) is 11.8 Å². The Kier molecular flexibility index (Phi) is 6.06. The molecule has 5 nitrogen and oxygen atoms in total. The Hall–Kier alpha value is -2.89. The van der Waals surface area contributed by atoms with E-state index >= 15 is 0 Å². The van der Waals surface area contributed by atoms with E-state index in [-0.39, 0.29) is 11.8 Å². The lowest BCUT2D eigenvalue weighted by molar-refractivity contribution is 0.0950. The molecule has 0 radical (unpaired) electrons. The minimum Gasteiger partial charge on any atom is -0.348 e. The fourth-order valence-electron chi connectivity index (χ4n) is 2.33. The van der Waals surface area contributed by atoms with Crippen LogP contribution in [0.15, 0.2) is 67.0 Å². The van der Waals surface area contributed by atoms with Crippen molar-refractivity contribution in [1.82, 2.24) is 10.3 Å². The van der Waals surface area contributed by atoms with Crippen LogP contribution < -0.4 is 10.6 Å². The number of carbonyl (C=O) groups excluding carboxylic acids is 2. The third-order valence-electron chi connectivity index (χ3n) is 3.77. The monoisotopic (exact) mass is 399 g/mol. The molecule has 0 spiro atoms. The average molecular weight is 400 g/mol. The highest BCUT2D eigenvalue weighted by atomic mass is 35.5. The number of aromatic nitrogens is 1. The van der Waals surface area contributed by atoms with E-state index in [1.165, 1.54) is 12.3 Å². The smallest absolute Gasteiger partial charge is 0.257 e. The Morgan fingerprint density at radius 1 is 0.889 bits per heavy atom. The van der Waals surface area contributed by atoms with Gasteiger partial charge < -0.3 is 10.6 Å². The average Bonchev–Trinajstić information content (AvgIpc) is 2.70. The van der Waals surface area contributed by atoms with Gasteiger partial charge in [-0.05, 0) is 48.0 Å². The summed E-state index contributed by atoms with van der Waals surface area (Å²) in [4.78, 5) is 28.2. The van der Waals surface area contributed by atoms with Crippen LogP contribution in [0.4, 0.5) is 5.69 Å². The van der Waals surface area contributed by atoms with Gasteiger partial charge in [-0.15, -0.1) is 0 Å². The van der Waals surface area contributed by atoms with Crippen LogP contribution in [-0.2, 0) is 6.54 Å². The standard InChI is InChI=1S/C20H15Cl2N3O2/c21-17-8-5-14(10-18(17)22)19(26)24-11-13-3-6-16(7-4-13)25-20(27)15-2-1-9-23-12-15/h1-10,12H,11H2,(H,24,26)(H,25,27). The van der Waals surface area contributed by atoms with E-state index in [0.29, 0.717) is 33.4 Å². The molecule has 0 aliphatic carbocycles. The van der Waals surface area contributed by atoms with Gasteiger partial charge in [-0.2, -0.15) is 0 Å². The molecule has 0 atom stereocenters. The Balaban J connectivity index is 1.56. The van der Waals surface area contributed by atoms with Crippen molar-refractivity contribution in [2.45, 2.75) is 6.54 Å². The largest absolute Gasteiger partial charge is 0.348 e. The Morgan fingerprint density at radius 3 is 2.33 bits per heavy atom. The maximum atomic E-state index is 12.2. The van der Waals surface area contributed by atoms with E-state index in [4.69, 9.17) is 23.2 Å². The highest BCUT2D eigenvalue weighted by Gasteiger charge is 2.09. The quantitative estimate of drug-likeness (QED) is 0.659. The number of anilines is 1. The summed E-state index contributed by atoms with van der Waals surface area (Å²) in [7, 11) is 0. The first-order valence-corrected chi connectivity index (χ1v) is 8.82. The van der Waals surface area contributed by atoms with Crippen LogP contribution in [0.5, 0.6) is 0 Å². The molecule has 0 saturated carbocycles. The zero-order valence-electron chi connectivity index (χ0n) is 14.1. The van der Waals surface area contributed by atoms with E-state index in [1.54, 1.807) is 42.6 Å². The number of hydrogen-bond acceptors (Lipinski definition) is 3. The number of rotatable bonds is 5. The summed E-state index contributed by atoms with van der Waals surface area (Å²) >= 11 is 11.8. The van der Waals surface area contributed by atoms with Crippen molar-refractivity contribution < 1.29 is 9.59 Å². The first-order valence-electron chi connectivity index (χ1n) is 8.06. The number of nitrogens with zero attached hydrogens (tertiary/aromatic N) is 1. The Morgan fingerprint density at radius 2 is 1.67 bits per heavy atom. The van der Waals surface area contributed by atoms with E-state index < -0.39 is 0 Å². The van der Waals surface area contributed by atoms with Crippen LogP contribution >= 0.6 is 23.2 Å². The second-order valence-electron chi connectivity index (χ2n) is 5.70. The fraction of sp³-hybridized carbons (Fsp3) is 0.0500. The molecule has 1 aromatic heterocycles. The highest BCUT2D eigenvalue weighted by molar-refractivity contribution is 6.42. The second kappa shape index (κ2) is 8.66. The molecule has 0 aliphatic heterocycles. The Bertz CT molecular complexity index is 961. The lowest BCUT2D eigenvalue weighted by atomic mass is 10.1. The molecule has 0 bridgehead atoms. The van der Waals surface area contributed by atoms with Gasteiger partial charge in [0.15, 0.2) is 0 Å². The summed E-state index contributed by atoms with van der Waals surface area (Å²) in [6.45, 7) is 0.343. The van der Waals surface area contributed by atoms with E-state index in [1.807, 2.05) is 12.1 Å². The first-order chi connectivity index (χ1) is 13.0. The van der Waals surface area contributed by atoms with Crippen molar-refractivity contribution in [3.05, 3.63) is 93.7 Å². The lowest BCUT2D eigenvalue weighted by Gasteiger charge is -2.08. The van der Waals surface area contributed by atoms with Crippen molar-refractivity contribution in [2.24, 2.45) is 0 Å². The summed E-state index contributed by atoms with van der Waals surface area (Å²) < 4.78 is 0. The molecule has 3 aromatic rings. The SMILES string of the molecule is O=C(NCc1ccc(NC(=O)c2cccnc2)cc1)c1ccc(Cl)c(Cl)c1. The van der Waals surface area contributed by atoms with Gasteiger partial charge in [-0.25, -0.2) is 0 Å². The molecule has 0 fully saturated rings. The van der Waals surface area contributed by atoms with Gasteiger partial charge in [-0.3, -0.25) is 14.6 Å². The Labute approximate surface area is 166 Å². The molecule has 2 amide bonds. The summed E-state index contributed by atoms with van der Waals surface area (Å²) in [5.41, 5.74) is 2.46. The van der Waals surface area contributed by atoms with E-state index in [9.17, 15) is 9.59 Å². The topological polar surface area (TPSA) is 71.1 Å². The fourth-order valence-corrected chi connectivity index (χ4v) is 2.63. The van der Waals surface area contributed by atoms with Gasteiger partial charge in [0, 0.05) is 30.2 Å². The maximum Gasteiger partial charge on any atom is 0.257 e. The molecule has 0 aliphatic rings. The number of carbonyl (C=O) groups is 2. The maximum absolute atomic E-state index is 12.2. The van der Waals surface area contributed by atoms with Gasteiger partial charge in [0.1, 0.15) is 0 Å². The van der Waals surface area contributed by atoms with E-state index in [0.717, 1.165) is 5.56 Å². The molecule has 136 valence electrons. The van der Waals surface area contributed by atoms with Gasteiger partial charge in [-0.1, -0.05) is 35.3 Å². The van der Waals surface area contributed by atoms with Crippen LogP contribution in [0.25, 0.3) is 0 Å². The van der Waals surface area contributed by atoms with Crippen molar-refractivity contribution in [3.63, 3.8) is 0 Å². The van der Waals surface area contributed by atoms with Crippen molar-refractivity contribution in [1.29, 1.82) is 0 Å². The van der Waals surface area contributed by atoms with Crippen LogP contribution in [0.2, 0.25) is 10.0 Å². The number of amides is 2. The molecule has 27 heavy (non-hydrogen) atoms. The van der Waals surface area contributed by atoms with Gasteiger partial charge in [0.05, 0.1) is 15.6 Å². The highest BCUT2D eigenvalue weighted by Crippen LogP contribution is 2.22. The molecule has 0 unspecified atom stereocenters. The molecule has 2 N–H and O–H groups in total. The molecule has 3 rings (SSSR count). The summed E-state index contributed by atoms with van der Waals surface area (Å²) in [5, 5.41) is 6.34. The summed E-state index contributed by atoms with van der Waals surface area (Å²) in [6.07, 6.45) is 3.11. The predicted octanol–water partition coefficient (Wildman–Crippen LogP) is 4.57. The number of pyridine rings is 1. The molecule has 0 saturated heterocycles. The van der Waals surface area contributed by atoms with Crippen LogP contribution in [0.3, 0.4) is 0 Å². The molecule has 1 heterocycles.